The molecule has 1 atom stereocenters. The van der Waals surface area contributed by atoms with Gasteiger partial charge in [-0.2, -0.15) is 0 Å². The number of rotatable bonds is 11. The van der Waals surface area contributed by atoms with Crippen LogP contribution in [0.2, 0.25) is 0 Å². The first-order valence-corrected chi connectivity index (χ1v) is 17.4. The first kappa shape index (κ1) is 39.0. The van der Waals surface area contributed by atoms with Gasteiger partial charge >= 0.3 is 17.2 Å². The zero-order valence-electron chi connectivity index (χ0n) is 28.9. The third-order valence-corrected chi connectivity index (χ3v) is 8.60. The Morgan fingerprint density at radius 3 is 1.30 bits per heavy atom. The van der Waals surface area contributed by atoms with Crippen LogP contribution in [0.5, 0.6) is 5.75 Å². The van der Waals surface area contributed by atoms with Crippen LogP contribution in [-0.2, 0) is 30.7 Å². The van der Waals surface area contributed by atoms with Crippen LogP contribution < -0.4 is 4.74 Å². The lowest BCUT2D eigenvalue weighted by Gasteiger charge is -2.44. The van der Waals surface area contributed by atoms with Gasteiger partial charge in [-0.05, 0) is 50.8 Å². The maximum Gasteiger partial charge on any atom is 0.327 e. The summed E-state index contributed by atoms with van der Waals surface area (Å²) in [6.07, 6.45) is -0.981. The Morgan fingerprint density at radius 1 is 0.636 bits per heavy atom. The predicted molar refractivity (Wildman–Crippen MR) is 180 cm³/mol. The van der Waals surface area contributed by atoms with Gasteiger partial charge in [0.15, 0.2) is 0 Å². The molecule has 0 saturated carbocycles. The molecule has 0 amide bonds. The van der Waals surface area contributed by atoms with Crippen LogP contribution in [0.15, 0.2) is 30.3 Å². The maximum atomic E-state index is 11.3. The summed E-state index contributed by atoms with van der Waals surface area (Å²) in [5.41, 5.74) is 2.91. The van der Waals surface area contributed by atoms with Gasteiger partial charge in [0.1, 0.15) is 11.9 Å². The van der Waals surface area contributed by atoms with Crippen LogP contribution in [0.3, 0.4) is 0 Å². The topological polar surface area (TPSA) is 129 Å². The Hall–Kier alpha value is -1.18. The highest BCUT2D eigenvalue weighted by Crippen LogP contribution is 2.51. The number of aliphatic hydroxyl groups excluding tert-OH is 1. The van der Waals surface area contributed by atoms with E-state index in [-0.39, 0.29) is 34.9 Å². The summed E-state index contributed by atoms with van der Waals surface area (Å²) in [4.78, 5) is 39.5. The molecule has 8 nitrogen and oxygen atoms in total. The Bertz CT molecular complexity index is 1170. The molecule has 0 aliphatic rings. The zero-order chi connectivity index (χ0) is 34.1. The van der Waals surface area contributed by atoms with Gasteiger partial charge in [-0.25, -0.2) is 0 Å². The lowest BCUT2D eigenvalue weighted by molar-refractivity contribution is -0.0674. The van der Waals surface area contributed by atoms with Gasteiger partial charge in [-0.1, -0.05) is 119 Å². The summed E-state index contributed by atoms with van der Waals surface area (Å²) in [7, 11) is -5.61. The Labute approximate surface area is 267 Å². The molecule has 5 N–H and O–H groups in total. The third kappa shape index (κ3) is 9.67. The van der Waals surface area contributed by atoms with E-state index in [1.165, 1.54) is 0 Å². The minimum Gasteiger partial charge on any atom is -0.484 e. The lowest BCUT2D eigenvalue weighted by Crippen LogP contribution is -2.45. The second-order valence-corrected chi connectivity index (χ2v) is 17.6. The second kappa shape index (κ2) is 14.3. The molecule has 250 valence electrons. The maximum absolute atomic E-state index is 11.3. The fraction of sp³-hybridized carbons (Fsp3) is 0.647. The van der Waals surface area contributed by atoms with E-state index in [2.05, 4.69) is 102 Å². The van der Waals surface area contributed by atoms with Gasteiger partial charge in [0.2, 0.25) is 0 Å². The molecule has 0 heterocycles. The highest BCUT2D eigenvalue weighted by Gasteiger charge is 2.48. The second-order valence-electron chi connectivity index (χ2n) is 16.0. The number of benzene rings is 2. The summed E-state index contributed by atoms with van der Waals surface area (Å²) in [5, 5.41) is 11.3. The molecule has 0 spiro atoms. The SMILES string of the molecule is Cc1cc(C(C)(C)C)c(C(Oc2c(C(C)(C)C)cccc2C(C)(C)C)C(CO)(COP(O)O)COP(O)O)c(C(C)(C)C)c1. The molecular weight excluding hydrogens is 598 g/mol. The van der Waals surface area contributed by atoms with E-state index in [9.17, 15) is 24.7 Å². The Morgan fingerprint density at radius 2 is 1.00 bits per heavy atom. The monoisotopic (exact) mass is 654 g/mol. The number of aryl methyl sites for hydroxylation is 1. The highest BCUT2D eigenvalue weighted by atomic mass is 31.2. The van der Waals surface area contributed by atoms with Crippen molar-refractivity contribution in [3.05, 3.63) is 63.7 Å². The average Bonchev–Trinajstić information content (AvgIpc) is 2.85. The van der Waals surface area contributed by atoms with Crippen molar-refractivity contribution in [2.45, 2.75) is 118 Å². The molecule has 0 bridgehead atoms. The minimum absolute atomic E-state index is 0.321. The van der Waals surface area contributed by atoms with Crippen LogP contribution in [0.25, 0.3) is 0 Å². The molecular formula is C34H56O8P2. The van der Waals surface area contributed by atoms with E-state index in [1.54, 1.807) is 0 Å². The molecule has 0 radical (unpaired) electrons. The predicted octanol–water partition coefficient (Wildman–Crippen LogP) is 7.74. The average molecular weight is 655 g/mol. The number of para-hydroxylation sites is 1. The number of hydrogen-bond acceptors (Lipinski definition) is 8. The van der Waals surface area contributed by atoms with E-state index >= 15 is 0 Å². The van der Waals surface area contributed by atoms with Crippen LogP contribution >= 0.6 is 17.2 Å². The summed E-state index contributed by atoms with van der Waals surface area (Å²) < 4.78 is 18.2. The molecule has 0 aliphatic heterocycles. The fourth-order valence-electron chi connectivity index (χ4n) is 5.51. The van der Waals surface area contributed by atoms with Gasteiger partial charge < -0.3 is 38.5 Å². The molecule has 1 unspecified atom stereocenters. The van der Waals surface area contributed by atoms with Crippen molar-refractivity contribution in [1.29, 1.82) is 0 Å². The lowest BCUT2D eigenvalue weighted by atomic mass is 9.69. The van der Waals surface area contributed by atoms with Crippen molar-refractivity contribution in [2.24, 2.45) is 5.41 Å². The number of ether oxygens (including phenoxy) is 1. The highest BCUT2D eigenvalue weighted by molar-refractivity contribution is 7.39. The standard InChI is InChI=1S/C34H56O8P2/c1-22-17-25(32(8,9)10)27(26(18-22)33(11,12)13)29(34(19-35,20-40-43(36)37)21-41-44(38)39)42-28-23(30(2,3)4)15-14-16-24(28)31(5,6)7/h14-18,29,35-39H,19-21H2,1-13H3. The summed E-state index contributed by atoms with van der Waals surface area (Å²) in [6.45, 7) is 26.1. The first-order chi connectivity index (χ1) is 19.8. The normalized spacial score (nSPS) is 14.5. The van der Waals surface area contributed by atoms with Gasteiger partial charge in [0.25, 0.3) is 0 Å². The van der Waals surface area contributed by atoms with Gasteiger partial charge in [-0.15, -0.1) is 0 Å². The van der Waals surface area contributed by atoms with Gasteiger partial charge in [0.05, 0.1) is 25.2 Å². The van der Waals surface area contributed by atoms with Crippen molar-refractivity contribution >= 4 is 17.2 Å². The molecule has 0 fully saturated rings. The van der Waals surface area contributed by atoms with E-state index in [0.29, 0.717) is 5.75 Å². The molecule has 2 rings (SSSR count). The number of hydrogen-bond donors (Lipinski definition) is 5. The fourth-order valence-corrected chi connectivity index (χ4v) is 6.26. The summed E-state index contributed by atoms with van der Waals surface area (Å²) in [5.74, 6) is 0.654. The Kier molecular flexibility index (Phi) is 12.7. The molecule has 0 aromatic heterocycles. The van der Waals surface area contributed by atoms with Crippen molar-refractivity contribution in [3.8, 4) is 5.75 Å². The Balaban J connectivity index is 3.24. The van der Waals surface area contributed by atoms with Crippen LogP contribution in [0, 0.1) is 12.3 Å². The van der Waals surface area contributed by atoms with Crippen LogP contribution in [0.1, 0.15) is 123 Å². The van der Waals surface area contributed by atoms with Gasteiger partial charge in [-0.3, -0.25) is 0 Å². The first-order valence-electron chi connectivity index (χ1n) is 15.0. The third-order valence-electron chi connectivity index (χ3n) is 7.88. The number of aliphatic hydroxyl groups is 1. The van der Waals surface area contributed by atoms with Gasteiger partial charge in [0, 0.05) is 5.56 Å². The molecule has 2 aromatic rings. The molecule has 2 aromatic carbocycles. The molecule has 44 heavy (non-hydrogen) atoms. The summed E-state index contributed by atoms with van der Waals surface area (Å²) >= 11 is 0. The minimum atomic E-state index is -2.81. The van der Waals surface area contributed by atoms with E-state index < -0.39 is 35.3 Å². The largest absolute Gasteiger partial charge is 0.484 e. The van der Waals surface area contributed by atoms with Crippen molar-refractivity contribution in [2.75, 3.05) is 19.8 Å². The zero-order valence-corrected chi connectivity index (χ0v) is 30.7. The molecule has 0 saturated heterocycles. The van der Waals surface area contributed by atoms with Crippen molar-refractivity contribution < 1.29 is 38.5 Å². The van der Waals surface area contributed by atoms with E-state index in [1.807, 2.05) is 18.2 Å². The van der Waals surface area contributed by atoms with Crippen LogP contribution in [-0.4, -0.2) is 44.5 Å². The van der Waals surface area contributed by atoms with E-state index in [4.69, 9.17) is 13.8 Å². The van der Waals surface area contributed by atoms with Crippen molar-refractivity contribution in [1.82, 2.24) is 0 Å². The van der Waals surface area contributed by atoms with Crippen LogP contribution in [0.4, 0.5) is 0 Å². The summed E-state index contributed by atoms with van der Waals surface area (Å²) in [6, 6.07) is 10.4. The quantitative estimate of drug-likeness (QED) is 0.156. The molecule has 0 aliphatic carbocycles. The van der Waals surface area contributed by atoms with Crippen molar-refractivity contribution in [3.63, 3.8) is 0 Å². The smallest absolute Gasteiger partial charge is 0.327 e. The van der Waals surface area contributed by atoms with E-state index in [0.717, 1.165) is 33.4 Å². The molecule has 10 heteroatoms.